The van der Waals surface area contributed by atoms with E-state index in [1.54, 1.807) is 9.80 Å². The lowest BCUT2D eigenvalue weighted by molar-refractivity contribution is 0.0217. The zero-order valence-corrected chi connectivity index (χ0v) is 16.7. The summed E-state index contributed by atoms with van der Waals surface area (Å²) in [4.78, 5) is 28.5. The van der Waals surface area contributed by atoms with E-state index in [4.69, 9.17) is 9.47 Å². The maximum absolute atomic E-state index is 12.6. The molecule has 2 aliphatic heterocycles. The molecule has 2 atom stereocenters. The molecular weight excluding hydrogens is 344 g/mol. The van der Waals surface area contributed by atoms with Crippen LogP contribution in [0.15, 0.2) is 30.3 Å². The van der Waals surface area contributed by atoms with Crippen LogP contribution in [0.25, 0.3) is 0 Å². The molecule has 2 amide bonds. The molecule has 0 aliphatic carbocycles. The number of rotatable bonds is 2. The fourth-order valence-corrected chi connectivity index (χ4v) is 3.79. The summed E-state index contributed by atoms with van der Waals surface area (Å²) in [5.74, 6) is 0. The molecule has 27 heavy (non-hydrogen) atoms. The number of amides is 2. The van der Waals surface area contributed by atoms with Crippen LogP contribution in [0.1, 0.15) is 58.6 Å². The third-order valence-corrected chi connectivity index (χ3v) is 5.30. The van der Waals surface area contributed by atoms with Crippen LogP contribution in [0, 0.1) is 0 Å². The summed E-state index contributed by atoms with van der Waals surface area (Å²) in [7, 11) is 0. The standard InChI is InChI=1S/C21H30N2O4/c1-16(17-9-6-5-7-10-17)23-15-21(27-19(23)25)11-8-13-22(14-12-21)18(24)26-20(2,3)4/h5-7,9-10,16H,8,11-15H2,1-4H3/t16-,21?/m1/s1. The van der Waals surface area contributed by atoms with Gasteiger partial charge in [0.05, 0.1) is 12.6 Å². The van der Waals surface area contributed by atoms with Crippen molar-refractivity contribution in [2.75, 3.05) is 19.6 Å². The fourth-order valence-electron chi connectivity index (χ4n) is 3.79. The van der Waals surface area contributed by atoms with Crippen molar-refractivity contribution >= 4 is 12.2 Å². The fraction of sp³-hybridized carbons (Fsp3) is 0.619. The number of nitrogens with zero attached hydrogens (tertiary/aromatic N) is 2. The lowest BCUT2D eigenvalue weighted by Gasteiger charge is -2.28. The van der Waals surface area contributed by atoms with Crippen LogP contribution in [0.3, 0.4) is 0 Å². The van der Waals surface area contributed by atoms with Gasteiger partial charge in [0, 0.05) is 19.5 Å². The minimum absolute atomic E-state index is 0.0386. The van der Waals surface area contributed by atoms with Gasteiger partial charge < -0.3 is 14.4 Å². The van der Waals surface area contributed by atoms with E-state index in [2.05, 4.69) is 0 Å². The second kappa shape index (κ2) is 7.41. The Hall–Kier alpha value is -2.24. The zero-order valence-electron chi connectivity index (χ0n) is 16.7. The highest BCUT2D eigenvalue weighted by Crippen LogP contribution is 2.37. The number of ether oxygens (including phenoxy) is 2. The molecule has 1 aromatic rings. The van der Waals surface area contributed by atoms with Crippen molar-refractivity contribution in [3.63, 3.8) is 0 Å². The molecule has 0 saturated carbocycles. The van der Waals surface area contributed by atoms with Gasteiger partial charge in [0.1, 0.15) is 11.2 Å². The van der Waals surface area contributed by atoms with Crippen molar-refractivity contribution in [1.82, 2.24) is 9.80 Å². The SMILES string of the molecule is C[C@H](c1ccccc1)N1CC2(CCCN(C(=O)OC(C)(C)C)CC2)OC1=O. The summed E-state index contributed by atoms with van der Waals surface area (Å²) < 4.78 is 11.4. The molecule has 3 rings (SSSR count). The number of likely N-dealkylation sites (tertiary alicyclic amines) is 1. The van der Waals surface area contributed by atoms with Crippen LogP contribution >= 0.6 is 0 Å². The first-order valence-corrected chi connectivity index (χ1v) is 9.72. The molecule has 6 heteroatoms. The number of carbonyl (C=O) groups is 2. The summed E-state index contributed by atoms with van der Waals surface area (Å²) in [6, 6.07) is 9.95. The first-order valence-electron chi connectivity index (χ1n) is 9.72. The van der Waals surface area contributed by atoms with Gasteiger partial charge in [-0.25, -0.2) is 9.59 Å². The van der Waals surface area contributed by atoms with E-state index in [9.17, 15) is 9.59 Å². The second-order valence-electron chi connectivity index (χ2n) is 8.59. The molecule has 0 bridgehead atoms. The normalized spacial score (nSPS) is 24.5. The van der Waals surface area contributed by atoms with Gasteiger partial charge in [-0.15, -0.1) is 0 Å². The Morgan fingerprint density at radius 2 is 1.89 bits per heavy atom. The van der Waals surface area contributed by atoms with Gasteiger partial charge in [-0.05, 0) is 46.1 Å². The van der Waals surface area contributed by atoms with Crippen molar-refractivity contribution < 1.29 is 19.1 Å². The van der Waals surface area contributed by atoms with E-state index in [1.165, 1.54) is 0 Å². The molecule has 2 aliphatic rings. The highest BCUT2D eigenvalue weighted by molar-refractivity contribution is 5.71. The molecule has 2 saturated heterocycles. The highest BCUT2D eigenvalue weighted by Gasteiger charge is 2.47. The Morgan fingerprint density at radius 3 is 2.56 bits per heavy atom. The van der Waals surface area contributed by atoms with Gasteiger partial charge in [-0.2, -0.15) is 0 Å². The average molecular weight is 374 g/mol. The quantitative estimate of drug-likeness (QED) is 0.772. The molecule has 6 nitrogen and oxygen atoms in total. The molecule has 148 valence electrons. The van der Waals surface area contributed by atoms with Gasteiger partial charge in [-0.1, -0.05) is 30.3 Å². The van der Waals surface area contributed by atoms with E-state index < -0.39 is 11.2 Å². The predicted octanol–water partition coefficient (Wildman–Crippen LogP) is 4.36. The molecule has 0 radical (unpaired) electrons. The van der Waals surface area contributed by atoms with Crippen LogP contribution in [-0.4, -0.2) is 52.8 Å². The highest BCUT2D eigenvalue weighted by atomic mass is 16.6. The van der Waals surface area contributed by atoms with Crippen molar-refractivity contribution in [2.45, 2.75) is 64.2 Å². The molecule has 2 heterocycles. The molecular formula is C21H30N2O4. The van der Waals surface area contributed by atoms with E-state index >= 15 is 0 Å². The van der Waals surface area contributed by atoms with Crippen LogP contribution in [0.4, 0.5) is 9.59 Å². The predicted molar refractivity (Wildman–Crippen MR) is 102 cm³/mol. The summed E-state index contributed by atoms with van der Waals surface area (Å²) in [5, 5.41) is 0. The van der Waals surface area contributed by atoms with E-state index in [0.717, 1.165) is 18.4 Å². The molecule has 2 fully saturated rings. The van der Waals surface area contributed by atoms with Gasteiger partial charge in [0.25, 0.3) is 0 Å². The molecule has 0 aromatic heterocycles. The lowest BCUT2D eigenvalue weighted by Crippen LogP contribution is -2.39. The Morgan fingerprint density at radius 1 is 1.19 bits per heavy atom. The van der Waals surface area contributed by atoms with Crippen molar-refractivity contribution in [3.8, 4) is 0 Å². The smallest absolute Gasteiger partial charge is 0.411 e. The van der Waals surface area contributed by atoms with Crippen molar-refractivity contribution in [3.05, 3.63) is 35.9 Å². The van der Waals surface area contributed by atoms with Gasteiger partial charge >= 0.3 is 12.2 Å². The van der Waals surface area contributed by atoms with Crippen LogP contribution in [0.5, 0.6) is 0 Å². The van der Waals surface area contributed by atoms with Gasteiger partial charge in [0.15, 0.2) is 0 Å². The maximum Gasteiger partial charge on any atom is 0.411 e. The third-order valence-electron chi connectivity index (χ3n) is 5.30. The summed E-state index contributed by atoms with van der Waals surface area (Å²) in [6.07, 6.45) is 1.63. The molecule has 1 aromatic carbocycles. The number of carbonyl (C=O) groups excluding carboxylic acids is 2. The second-order valence-corrected chi connectivity index (χ2v) is 8.59. The minimum Gasteiger partial charge on any atom is -0.444 e. The Labute approximate surface area is 161 Å². The third kappa shape index (κ3) is 4.54. The minimum atomic E-state index is -0.517. The van der Waals surface area contributed by atoms with E-state index in [-0.39, 0.29) is 18.2 Å². The molecule has 1 spiro atoms. The Bertz CT molecular complexity index is 685. The summed E-state index contributed by atoms with van der Waals surface area (Å²) >= 11 is 0. The Balaban J connectivity index is 1.66. The summed E-state index contributed by atoms with van der Waals surface area (Å²) in [6.45, 7) is 9.35. The molecule has 0 N–H and O–H groups in total. The first kappa shape index (κ1) is 19.5. The van der Waals surface area contributed by atoms with Crippen molar-refractivity contribution in [2.24, 2.45) is 0 Å². The van der Waals surface area contributed by atoms with Crippen LogP contribution < -0.4 is 0 Å². The van der Waals surface area contributed by atoms with Gasteiger partial charge in [-0.3, -0.25) is 4.90 Å². The zero-order chi connectivity index (χ0) is 19.7. The van der Waals surface area contributed by atoms with E-state index in [1.807, 2.05) is 58.0 Å². The van der Waals surface area contributed by atoms with Crippen LogP contribution in [0.2, 0.25) is 0 Å². The number of benzene rings is 1. The largest absolute Gasteiger partial charge is 0.444 e. The van der Waals surface area contributed by atoms with Gasteiger partial charge in [0.2, 0.25) is 0 Å². The topological polar surface area (TPSA) is 59.1 Å². The molecule has 1 unspecified atom stereocenters. The Kier molecular flexibility index (Phi) is 5.36. The lowest BCUT2D eigenvalue weighted by atomic mass is 9.94. The monoisotopic (exact) mass is 374 g/mol. The summed E-state index contributed by atoms with van der Waals surface area (Å²) in [5.41, 5.74) is 0.0650. The number of hydrogen-bond acceptors (Lipinski definition) is 4. The van der Waals surface area contributed by atoms with Crippen LogP contribution in [-0.2, 0) is 9.47 Å². The average Bonchev–Trinajstić information content (AvgIpc) is 2.79. The maximum atomic E-state index is 12.6. The van der Waals surface area contributed by atoms with Crippen molar-refractivity contribution in [1.29, 1.82) is 0 Å². The first-order chi connectivity index (χ1) is 12.7. The van der Waals surface area contributed by atoms with E-state index in [0.29, 0.717) is 26.1 Å². The number of hydrogen-bond donors (Lipinski definition) is 0.